The van der Waals surface area contributed by atoms with E-state index < -0.39 is 23.7 Å². The molecule has 0 radical (unpaired) electrons. The first-order valence-corrected chi connectivity index (χ1v) is 6.86. The number of oxazole rings is 1. The molecule has 1 aromatic heterocycles. The third-order valence-electron chi connectivity index (χ3n) is 3.02. The molecule has 3 rings (SSSR count). The third kappa shape index (κ3) is 2.30. The topological polar surface area (TPSA) is 96.0 Å². The van der Waals surface area contributed by atoms with E-state index in [9.17, 15) is 15.3 Å². The lowest BCUT2D eigenvalue weighted by molar-refractivity contribution is -0.0784. The molecule has 1 fully saturated rings. The zero-order valence-electron chi connectivity index (χ0n) is 9.84. The quantitative estimate of drug-likeness (QED) is 0.732. The van der Waals surface area contributed by atoms with Gasteiger partial charge in [0.1, 0.15) is 12.2 Å². The van der Waals surface area contributed by atoms with E-state index in [-0.39, 0.29) is 0 Å². The van der Waals surface area contributed by atoms with Crippen molar-refractivity contribution < 1.29 is 24.5 Å². The van der Waals surface area contributed by atoms with Crippen molar-refractivity contribution >= 4 is 22.9 Å². The minimum absolute atomic E-state index is 0.303. The van der Waals surface area contributed by atoms with Gasteiger partial charge in [0.25, 0.3) is 0 Å². The molecule has 3 N–H and O–H groups in total. The zero-order chi connectivity index (χ0) is 13.4. The fourth-order valence-electron chi connectivity index (χ4n) is 1.96. The van der Waals surface area contributed by atoms with Crippen LogP contribution in [0.15, 0.2) is 29.0 Å². The Balaban J connectivity index is 1.83. The summed E-state index contributed by atoms with van der Waals surface area (Å²) in [5.41, 5.74) is 0.505. The molecule has 6 nitrogen and oxygen atoms in total. The summed E-state index contributed by atoms with van der Waals surface area (Å²) < 4.78 is 10.8. The lowest BCUT2D eigenvalue weighted by Crippen LogP contribution is -2.50. The van der Waals surface area contributed by atoms with Crippen molar-refractivity contribution in [3.05, 3.63) is 24.6 Å². The number of hydrogen-bond donors (Lipinski definition) is 3. The second-order valence-corrected chi connectivity index (χ2v) is 5.45. The van der Waals surface area contributed by atoms with E-state index in [4.69, 9.17) is 9.15 Å². The van der Waals surface area contributed by atoms with Crippen LogP contribution in [0, 0.1) is 0 Å². The van der Waals surface area contributed by atoms with Gasteiger partial charge in [-0.2, -0.15) is 0 Å². The van der Waals surface area contributed by atoms with Crippen LogP contribution in [0.1, 0.15) is 0 Å². The van der Waals surface area contributed by atoms with Crippen LogP contribution in [0.25, 0.3) is 11.1 Å². The molecule has 0 aliphatic carbocycles. The Labute approximate surface area is 113 Å². The molecule has 1 aromatic carbocycles. The fraction of sp³-hybridized carbons (Fsp3) is 0.417. The molecule has 2 aromatic rings. The van der Waals surface area contributed by atoms with Gasteiger partial charge in [-0.3, -0.25) is 0 Å². The van der Waals surface area contributed by atoms with E-state index >= 15 is 0 Å². The maximum atomic E-state index is 9.89. The standard InChI is InChI=1S/C12H13NO5S/c14-6-4-19-12(11(16)10(6)15)18-8-3-1-2-7-9(8)13-5-17-7/h1-3,5-6,10-12,14-16H,4H2/t6-,10+,11-,12-/m1/s1. The van der Waals surface area contributed by atoms with Crippen LogP contribution in [0.3, 0.4) is 0 Å². The number of rotatable bonds is 2. The van der Waals surface area contributed by atoms with Crippen molar-refractivity contribution in [2.24, 2.45) is 0 Å². The molecule has 0 unspecified atom stereocenters. The summed E-state index contributed by atoms with van der Waals surface area (Å²) >= 11 is 1.25. The van der Waals surface area contributed by atoms with Gasteiger partial charge in [0, 0.05) is 5.75 Å². The largest absolute Gasteiger partial charge is 0.475 e. The Bertz CT molecular complexity index is 574. The Morgan fingerprint density at radius 3 is 2.95 bits per heavy atom. The number of aliphatic hydroxyl groups is 3. The summed E-state index contributed by atoms with van der Waals surface area (Å²) in [6.07, 6.45) is -1.98. The van der Waals surface area contributed by atoms with Crippen LogP contribution in [-0.4, -0.2) is 49.8 Å². The number of aliphatic hydroxyl groups excluding tert-OH is 3. The molecule has 1 aliphatic rings. The van der Waals surface area contributed by atoms with Crippen LogP contribution >= 0.6 is 11.8 Å². The molecule has 7 heteroatoms. The molecule has 0 bridgehead atoms. The summed E-state index contributed by atoms with van der Waals surface area (Å²) in [7, 11) is 0. The molecule has 4 atom stereocenters. The van der Waals surface area contributed by atoms with Gasteiger partial charge < -0.3 is 24.5 Å². The van der Waals surface area contributed by atoms with Gasteiger partial charge in [-0.15, -0.1) is 11.8 Å². The lowest BCUT2D eigenvalue weighted by Gasteiger charge is -2.34. The zero-order valence-corrected chi connectivity index (χ0v) is 10.7. The van der Waals surface area contributed by atoms with E-state index in [2.05, 4.69) is 4.98 Å². The average Bonchev–Trinajstić information content (AvgIpc) is 2.89. The number of para-hydroxylation sites is 1. The molecule has 102 valence electrons. The maximum Gasteiger partial charge on any atom is 0.182 e. The molecule has 1 saturated heterocycles. The lowest BCUT2D eigenvalue weighted by atomic mass is 10.1. The summed E-state index contributed by atoms with van der Waals surface area (Å²) in [5.74, 6) is 0.781. The number of benzene rings is 1. The van der Waals surface area contributed by atoms with E-state index in [0.29, 0.717) is 22.6 Å². The summed E-state index contributed by atoms with van der Waals surface area (Å²) in [4.78, 5) is 4.05. The summed E-state index contributed by atoms with van der Waals surface area (Å²) in [6.45, 7) is 0. The van der Waals surface area contributed by atoms with Crippen LogP contribution in [0.2, 0.25) is 0 Å². The van der Waals surface area contributed by atoms with Gasteiger partial charge in [0.05, 0.1) is 6.10 Å². The number of ether oxygens (including phenoxy) is 1. The van der Waals surface area contributed by atoms with Crippen molar-refractivity contribution in [3.8, 4) is 5.75 Å². The molecule has 2 heterocycles. The number of fused-ring (bicyclic) bond motifs is 1. The molecule has 0 amide bonds. The molecule has 0 spiro atoms. The highest BCUT2D eigenvalue weighted by Gasteiger charge is 2.38. The summed E-state index contributed by atoms with van der Waals surface area (Å²) in [5, 5.41) is 29.0. The van der Waals surface area contributed by atoms with Crippen molar-refractivity contribution in [2.45, 2.75) is 23.7 Å². The second kappa shape index (κ2) is 5.01. The molecule has 1 aliphatic heterocycles. The van der Waals surface area contributed by atoms with E-state index in [1.165, 1.54) is 18.2 Å². The predicted octanol–water partition coefficient (Wildman–Crippen LogP) is 0.362. The SMILES string of the molecule is O[C@@H]1[C@@H](O)[C@H](Oc2cccc3ocnc23)SC[C@H]1O. The van der Waals surface area contributed by atoms with Gasteiger partial charge in [-0.05, 0) is 12.1 Å². The van der Waals surface area contributed by atoms with Crippen molar-refractivity contribution in [2.75, 3.05) is 5.75 Å². The Morgan fingerprint density at radius 2 is 2.11 bits per heavy atom. The molecule has 19 heavy (non-hydrogen) atoms. The maximum absolute atomic E-state index is 9.89. The predicted molar refractivity (Wildman–Crippen MR) is 68.9 cm³/mol. The van der Waals surface area contributed by atoms with Crippen molar-refractivity contribution in [1.29, 1.82) is 0 Å². The van der Waals surface area contributed by atoms with E-state index in [1.54, 1.807) is 18.2 Å². The van der Waals surface area contributed by atoms with E-state index in [1.807, 2.05) is 0 Å². The van der Waals surface area contributed by atoms with Gasteiger partial charge in [0.15, 0.2) is 28.7 Å². The van der Waals surface area contributed by atoms with Crippen molar-refractivity contribution in [3.63, 3.8) is 0 Å². The minimum Gasteiger partial charge on any atom is -0.475 e. The summed E-state index contributed by atoms with van der Waals surface area (Å²) in [6, 6.07) is 5.24. The smallest absolute Gasteiger partial charge is 0.182 e. The Hall–Kier alpha value is -1.28. The minimum atomic E-state index is -1.21. The highest BCUT2D eigenvalue weighted by molar-refractivity contribution is 7.99. The van der Waals surface area contributed by atoms with Crippen LogP contribution in [-0.2, 0) is 0 Å². The number of aromatic nitrogens is 1. The van der Waals surface area contributed by atoms with Crippen LogP contribution in [0.5, 0.6) is 5.75 Å². The first-order valence-electron chi connectivity index (χ1n) is 5.81. The molecule has 0 saturated carbocycles. The number of nitrogens with zero attached hydrogens (tertiary/aromatic N) is 1. The van der Waals surface area contributed by atoms with Gasteiger partial charge >= 0.3 is 0 Å². The highest BCUT2D eigenvalue weighted by atomic mass is 32.2. The second-order valence-electron chi connectivity index (χ2n) is 4.32. The average molecular weight is 283 g/mol. The Kier molecular flexibility index (Phi) is 3.36. The Morgan fingerprint density at radius 1 is 1.26 bits per heavy atom. The van der Waals surface area contributed by atoms with Gasteiger partial charge in [0.2, 0.25) is 0 Å². The van der Waals surface area contributed by atoms with E-state index in [0.717, 1.165) is 0 Å². The first kappa shape index (κ1) is 12.7. The number of hydrogen-bond acceptors (Lipinski definition) is 7. The highest BCUT2D eigenvalue weighted by Crippen LogP contribution is 2.32. The van der Waals surface area contributed by atoms with Crippen LogP contribution in [0.4, 0.5) is 0 Å². The molecular weight excluding hydrogens is 270 g/mol. The van der Waals surface area contributed by atoms with Crippen LogP contribution < -0.4 is 4.74 Å². The first-order chi connectivity index (χ1) is 9.16. The normalized spacial score (nSPS) is 31.5. The van der Waals surface area contributed by atoms with Gasteiger partial charge in [-0.25, -0.2) is 4.98 Å². The fourth-order valence-corrected chi connectivity index (χ4v) is 3.08. The number of thioether (sulfide) groups is 1. The monoisotopic (exact) mass is 283 g/mol. The van der Waals surface area contributed by atoms with Gasteiger partial charge in [-0.1, -0.05) is 6.07 Å². The van der Waals surface area contributed by atoms with Crippen molar-refractivity contribution in [1.82, 2.24) is 4.98 Å². The third-order valence-corrected chi connectivity index (χ3v) is 4.26. The molecular formula is C12H13NO5S.